The molecule has 0 bridgehead atoms. The first-order chi connectivity index (χ1) is 10.3. The molecule has 0 saturated carbocycles. The third-order valence-electron chi connectivity index (χ3n) is 3.57. The molecule has 0 radical (unpaired) electrons. The smallest absolute Gasteiger partial charge is 0.119 e. The molecule has 1 N–H and O–H groups in total. The number of fused-ring (bicyclic) bond motifs is 1. The summed E-state index contributed by atoms with van der Waals surface area (Å²) in [5.41, 5.74) is 2.65. The number of nitrogens with one attached hydrogen (secondary N) is 1. The van der Waals surface area contributed by atoms with Crippen LogP contribution in [0.15, 0.2) is 53.4 Å². The van der Waals surface area contributed by atoms with E-state index in [0.29, 0.717) is 5.25 Å². The minimum atomic E-state index is 0.624. The average molecular weight is 299 g/mol. The number of benzene rings is 2. The number of hydrogen-bond acceptors (Lipinski definition) is 3. The summed E-state index contributed by atoms with van der Waals surface area (Å²) in [4.78, 5) is 1.44. The number of hydrogen-bond donors (Lipinski definition) is 1. The monoisotopic (exact) mass is 299 g/mol. The van der Waals surface area contributed by atoms with Crippen LogP contribution in [0.1, 0.15) is 18.9 Å². The summed E-state index contributed by atoms with van der Waals surface area (Å²) >= 11 is 1.98. The van der Waals surface area contributed by atoms with Gasteiger partial charge in [0.2, 0.25) is 0 Å². The highest BCUT2D eigenvalue weighted by Gasteiger charge is 2.21. The van der Waals surface area contributed by atoms with Crippen LogP contribution >= 0.6 is 11.8 Å². The Morgan fingerprint density at radius 3 is 2.71 bits per heavy atom. The molecule has 1 aliphatic heterocycles. The molecular weight excluding hydrogens is 278 g/mol. The van der Waals surface area contributed by atoms with Gasteiger partial charge in [-0.3, -0.25) is 0 Å². The van der Waals surface area contributed by atoms with Gasteiger partial charge in [-0.2, -0.15) is 0 Å². The van der Waals surface area contributed by atoms with Crippen LogP contribution in [0, 0.1) is 0 Å². The summed E-state index contributed by atoms with van der Waals surface area (Å²) in [5.74, 6) is 0.949. The van der Waals surface area contributed by atoms with Gasteiger partial charge >= 0.3 is 0 Å². The molecule has 3 rings (SSSR count). The van der Waals surface area contributed by atoms with Crippen LogP contribution in [0.4, 0.5) is 5.69 Å². The SMILES string of the molecule is CCCOc1ccc(NCC2Cc3ccccc3S2)cc1. The zero-order chi connectivity index (χ0) is 14.5. The Kier molecular flexibility index (Phi) is 4.71. The highest BCUT2D eigenvalue weighted by molar-refractivity contribution is 8.00. The predicted octanol–water partition coefficient (Wildman–Crippen LogP) is 4.60. The zero-order valence-corrected chi connectivity index (χ0v) is 13.2. The van der Waals surface area contributed by atoms with Gasteiger partial charge in [-0.05, 0) is 48.7 Å². The largest absolute Gasteiger partial charge is 0.494 e. The number of thioether (sulfide) groups is 1. The van der Waals surface area contributed by atoms with Crippen molar-refractivity contribution < 1.29 is 4.74 Å². The lowest BCUT2D eigenvalue weighted by atomic mass is 10.1. The van der Waals surface area contributed by atoms with Gasteiger partial charge in [0.15, 0.2) is 0 Å². The molecule has 3 heteroatoms. The third kappa shape index (κ3) is 3.73. The molecule has 1 atom stereocenters. The molecule has 0 fully saturated rings. The van der Waals surface area contributed by atoms with Crippen molar-refractivity contribution in [2.24, 2.45) is 0 Å². The Labute approximate surface area is 130 Å². The zero-order valence-electron chi connectivity index (χ0n) is 12.3. The van der Waals surface area contributed by atoms with E-state index in [2.05, 4.69) is 48.6 Å². The van der Waals surface area contributed by atoms with E-state index in [-0.39, 0.29) is 0 Å². The molecule has 2 nitrogen and oxygen atoms in total. The fourth-order valence-corrected chi connectivity index (χ4v) is 3.74. The van der Waals surface area contributed by atoms with E-state index in [9.17, 15) is 0 Å². The van der Waals surface area contributed by atoms with Crippen molar-refractivity contribution in [1.82, 2.24) is 0 Å². The molecule has 0 spiro atoms. The van der Waals surface area contributed by atoms with Crippen molar-refractivity contribution in [2.45, 2.75) is 29.9 Å². The van der Waals surface area contributed by atoms with Crippen LogP contribution < -0.4 is 10.1 Å². The fraction of sp³-hybridized carbons (Fsp3) is 0.333. The van der Waals surface area contributed by atoms with Gasteiger partial charge in [-0.1, -0.05) is 25.1 Å². The van der Waals surface area contributed by atoms with E-state index in [1.807, 2.05) is 23.9 Å². The average Bonchev–Trinajstić information content (AvgIpc) is 2.95. The second kappa shape index (κ2) is 6.90. The first-order valence-corrected chi connectivity index (χ1v) is 8.44. The molecule has 0 aliphatic carbocycles. The molecule has 1 unspecified atom stereocenters. The van der Waals surface area contributed by atoms with Crippen molar-refractivity contribution in [2.75, 3.05) is 18.5 Å². The molecule has 0 amide bonds. The Hall–Kier alpha value is -1.61. The first-order valence-electron chi connectivity index (χ1n) is 7.56. The van der Waals surface area contributed by atoms with Crippen LogP contribution in [-0.4, -0.2) is 18.4 Å². The van der Waals surface area contributed by atoms with Crippen LogP contribution in [0.2, 0.25) is 0 Å². The lowest BCUT2D eigenvalue weighted by Gasteiger charge is -2.12. The van der Waals surface area contributed by atoms with Crippen molar-refractivity contribution >= 4 is 17.4 Å². The highest BCUT2D eigenvalue weighted by atomic mass is 32.2. The maximum Gasteiger partial charge on any atom is 0.119 e. The molecule has 2 aromatic rings. The molecule has 2 aromatic carbocycles. The van der Waals surface area contributed by atoms with Gasteiger partial charge < -0.3 is 10.1 Å². The summed E-state index contributed by atoms with van der Waals surface area (Å²) in [6.45, 7) is 3.89. The van der Waals surface area contributed by atoms with E-state index in [1.165, 1.54) is 10.5 Å². The fourth-order valence-electron chi connectivity index (χ4n) is 2.49. The number of ether oxygens (including phenoxy) is 1. The lowest BCUT2D eigenvalue weighted by molar-refractivity contribution is 0.317. The quantitative estimate of drug-likeness (QED) is 0.842. The van der Waals surface area contributed by atoms with E-state index in [1.54, 1.807) is 0 Å². The Morgan fingerprint density at radius 1 is 1.14 bits per heavy atom. The van der Waals surface area contributed by atoms with E-state index < -0.39 is 0 Å². The van der Waals surface area contributed by atoms with Crippen LogP contribution in [0.25, 0.3) is 0 Å². The highest BCUT2D eigenvalue weighted by Crippen LogP contribution is 2.36. The van der Waals surface area contributed by atoms with Gasteiger partial charge in [0.1, 0.15) is 5.75 Å². The van der Waals surface area contributed by atoms with Crippen molar-refractivity contribution in [3.05, 3.63) is 54.1 Å². The van der Waals surface area contributed by atoms with Gasteiger partial charge in [-0.15, -0.1) is 11.8 Å². The number of rotatable bonds is 6. The lowest BCUT2D eigenvalue weighted by Crippen LogP contribution is -2.15. The third-order valence-corrected chi connectivity index (χ3v) is 4.89. The Balaban J connectivity index is 1.50. The maximum absolute atomic E-state index is 5.60. The summed E-state index contributed by atoms with van der Waals surface area (Å²) in [6.07, 6.45) is 2.20. The molecule has 21 heavy (non-hydrogen) atoms. The minimum Gasteiger partial charge on any atom is -0.494 e. The Bertz CT molecular complexity index is 557. The molecule has 0 aromatic heterocycles. The number of anilines is 1. The Morgan fingerprint density at radius 2 is 1.95 bits per heavy atom. The standard InChI is InChI=1S/C18H21NOS/c1-2-11-20-16-9-7-15(8-10-16)19-13-17-12-14-5-3-4-6-18(14)21-17/h3-10,17,19H,2,11-13H2,1H3. The molecule has 1 aliphatic rings. The molecule has 1 heterocycles. The van der Waals surface area contributed by atoms with Crippen molar-refractivity contribution in [3.8, 4) is 5.75 Å². The first kappa shape index (κ1) is 14.3. The van der Waals surface area contributed by atoms with Crippen LogP contribution in [-0.2, 0) is 6.42 Å². The van der Waals surface area contributed by atoms with Crippen molar-refractivity contribution in [1.29, 1.82) is 0 Å². The topological polar surface area (TPSA) is 21.3 Å². The summed E-state index contributed by atoms with van der Waals surface area (Å²) < 4.78 is 5.60. The summed E-state index contributed by atoms with van der Waals surface area (Å²) in [7, 11) is 0. The van der Waals surface area contributed by atoms with Crippen LogP contribution in [0.3, 0.4) is 0 Å². The summed E-state index contributed by atoms with van der Waals surface area (Å²) in [5, 5.41) is 4.15. The summed E-state index contributed by atoms with van der Waals surface area (Å²) in [6, 6.07) is 17.0. The molecular formula is C18H21NOS. The van der Waals surface area contributed by atoms with Gasteiger partial charge in [0.05, 0.1) is 6.61 Å². The molecule has 0 saturated heterocycles. The maximum atomic E-state index is 5.60. The normalized spacial score (nSPS) is 16.5. The predicted molar refractivity (Wildman–Crippen MR) is 90.5 cm³/mol. The second-order valence-electron chi connectivity index (χ2n) is 5.31. The van der Waals surface area contributed by atoms with E-state index in [4.69, 9.17) is 4.74 Å². The van der Waals surface area contributed by atoms with E-state index in [0.717, 1.165) is 37.4 Å². The van der Waals surface area contributed by atoms with Crippen LogP contribution in [0.5, 0.6) is 5.75 Å². The van der Waals surface area contributed by atoms with E-state index >= 15 is 0 Å². The molecule has 110 valence electrons. The van der Waals surface area contributed by atoms with Gasteiger partial charge in [0.25, 0.3) is 0 Å². The van der Waals surface area contributed by atoms with Gasteiger partial charge in [-0.25, -0.2) is 0 Å². The van der Waals surface area contributed by atoms with Gasteiger partial charge in [0, 0.05) is 22.4 Å². The van der Waals surface area contributed by atoms with Crippen molar-refractivity contribution in [3.63, 3.8) is 0 Å². The minimum absolute atomic E-state index is 0.624. The second-order valence-corrected chi connectivity index (χ2v) is 6.65.